The molecule has 3 aromatic rings. The highest BCUT2D eigenvalue weighted by Gasteiger charge is 2.44. The summed E-state index contributed by atoms with van der Waals surface area (Å²) in [5.74, 6) is -2.85. The number of amides is 1. The molecule has 3 aliphatic rings. The Labute approximate surface area is 208 Å². The maximum Gasteiger partial charge on any atom is 0.410 e. The van der Waals surface area contributed by atoms with Crippen LogP contribution in [-0.4, -0.2) is 40.5 Å². The zero-order valence-corrected chi connectivity index (χ0v) is 19.7. The molecule has 1 aliphatic carbocycles. The molecule has 2 aromatic carbocycles. The minimum atomic E-state index is -1.08. The van der Waals surface area contributed by atoms with Crippen LogP contribution in [0.1, 0.15) is 59.5 Å². The van der Waals surface area contributed by atoms with Crippen molar-refractivity contribution in [1.82, 2.24) is 9.88 Å². The zero-order valence-electron chi connectivity index (χ0n) is 19.7. The third kappa shape index (κ3) is 3.87. The summed E-state index contributed by atoms with van der Waals surface area (Å²) in [5.41, 5.74) is 4.48. The predicted molar refractivity (Wildman–Crippen MR) is 130 cm³/mol. The van der Waals surface area contributed by atoms with E-state index in [-0.39, 0.29) is 42.0 Å². The van der Waals surface area contributed by atoms with Crippen molar-refractivity contribution in [3.63, 3.8) is 0 Å². The average molecular weight is 489 g/mol. The van der Waals surface area contributed by atoms with Gasteiger partial charge in [-0.1, -0.05) is 48.5 Å². The van der Waals surface area contributed by atoms with E-state index in [1.54, 1.807) is 4.90 Å². The van der Waals surface area contributed by atoms with E-state index >= 15 is 0 Å². The number of benzene rings is 2. The molecule has 2 aliphatic heterocycles. The van der Waals surface area contributed by atoms with Crippen LogP contribution in [0.15, 0.2) is 60.7 Å². The van der Waals surface area contributed by atoms with Crippen molar-refractivity contribution in [2.45, 2.75) is 50.1 Å². The van der Waals surface area contributed by atoms with Gasteiger partial charge in [-0.3, -0.25) is 4.79 Å². The van der Waals surface area contributed by atoms with Gasteiger partial charge < -0.3 is 9.64 Å². The van der Waals surface area contributed by atoms with E-state index in [2.05, 4.69) is 29.2 Å². The van der Waals surface area contributed by atoms with Crippen LogP contribution in [0.2, 0.25) is 0 Å². The van der Waals surface area contributed by atoms with Crippen LogP contribution < -0.4 is 0 Å². The lowest BCUT2D eigenvalue weighted by Gasteiger charge is -2.47. The smallest absolute Gasteiger partial charge is 0.410 e. The van der Waals surface area contributed by atoms with Crippen molar-refractivity contribution in [2.75, 3.05) is 6.61 Å². The Hall–Kier alpha value is -3.61. The minimum absolute atomic E-state index is 0.0192. The van der Waals surface area contributed by atoms with Crippen LogP contribution in [0.5, 0.6) is 0 Å². The standard InChI is InChI=1S/C29H26F2N2O3/c30-26-13-12-24(28(31)32-26)27(34)17-14-18-6-5-7-19(15-17)33(18)29(35)36-16-25-22-10-3-1-8-20(22)21-9-2-4-11-23(21)25/h1-4,8-13,17-19,25H,5-7,14-16H2. The van der Waals surface area contributed by atoms with Gasteiger partial charge in [-0.25, -0.2) is 4.79 Å². The number of carbonyl (C=O) groups excluding carboxylic acids is 2. The van der Waals surface area contributed by atoms with E-state index in [0.29, 0.717) is 12.8 Å². The molecule has 2 atom stereocenters. The lowest BCUT2D eigenvalue weighted by molar-refractivity contribution is 0.00639. The molecular formula is C29H26F2N2O3. The summed E-state index contributed by atoms with van der Waals surface area (Å²) >= 11 is 0. The zero-order chi connectivity index (χ0) is 24.8. The third-order valence-corrected chi connectivity index (χ3v) is 7.97. The average Bonchev–Trinajstić information content (AvgIpc) is 3.20. The number of Topliss-reactive ketones (excluding diaryl/α,β-unsaturated/α-hetero) is 1. The summed E-state index contributed by atoms with van der Waals surface area (Å²) in [6.07, 6.45) is 3.04. The van der Waals surface area contributed by atoms with E-state index in [0.717, 1.165) is 42.5 Å². The van der Waals surface area contributed by atoms with E-state index in [1.807, 2.05) is 24.3 Å². The molecule has 7 heteroatoms. The van der Waals surface area contributed by atoms with Crippen molar-refractivity contribution >= 4 is 11.9 Å². The SMILES string of the molecule is O=C(c1ccc(F)nc1F)C1CC2CCCC(C1)N2C(=O)OCC1c2ccccc2-c2ccccc21. The Morgan fingerprint density at radius 2 is 1.50 bits per heavy atom. The summed E-state index contributed by atoms with van der Waals surface area (Å²) < 4.78 is 33.3. The van der Waals surface area contributed by atoms with Gasteiger partial charge in [0.05, 0.1) is 5.56 Å². The number of ketones is 1. The van der Waals surface area contributed by atoms with Gasteiger partial charge in [0.15, 0.2) is 5.78 Å². The summed E-state index contributed by atoms with van der Waals surface area (Å²) in [6.45, 7) is 0.248. The van der Waals surface area contributed by atoms with Crippen LogP contribution in [0, 0.1) is 17.8 Å². The number of ether oxygens (including phenoxy) is 1. The Balaban J connectivity index is 1.17. The maximum atomic E-state index is 14.2. The van der Waals surface area contributed by atoms with Crippen LogP contribution in [0.3, 0.4) is 0 Å². The lowest BCUT2D eigenvalue weighted by Crippen LogP contribution is -2.56. The second-order valence-electron chi connectivity index (χ2n) is 9.95. The topological polar surface area (TPSA) is 59.5 Å². The highest BCUT2D eigenvalue weighted by atomic mass is 19.1. The van der Waals surface area contributed by atoms with Gasteiger partial charge in [0.25, 0.3) is 0 Å². The largest absolute Gasteiger partial charge is 0.448 e. The first-order valence-corrected chi connectivity index (χ1v) is 12.5. The number of fused-ring (bicyclic) bond motifs is 5. The number of piperidine rings is 2. The van der Waals surface area contributed by atoms with Crippen LogP contribution in [-0.2, 0) is 4.74 Å². The molecule has 0 spiro atoms. The molecule has 1 amide bonds. The number of rotatable bonds is 4. The fourth-order valence-corrected chi connectivity index (χ4v) is 6.38. The number of hydrogen-bond donors (Lipinski definition) is 0. The molecule has 5 nitrogen and oxygen atoms in total. The molecule has 2 fully saturated rings. The highest BCUT2D eigenvalue weighted by molar-refractivity contribution is 5.98. The molecule has 0 radical (unpaired) electrons. The summed E-state index contributed by atoms with van der Waals surface area (Å²) in [6, 6.07) is 18.3. The first-order chi connectivity index (χ1) is 17.5. The van der Waals surface area contributed by atoms with Crippen molar-refractivity contribution in [3.8, 4) is 11.1 Å². The monoisotopic (exact) mass is 488 g/mol. The number of carbonyl (C=O) groups is 2. The molecule has 0 N–H and O–H groups in total. The quantitative estimate of drug-likeness (QED) is 0.328. The number of hydrogen-bond acceptors (Lipinski definition) is 4. The summed E-state index contributed by atoms with van der Waals surface area (Å²) in [4.78, 5) is 31.3. The van der Waals surface area contributed by atoms with E-state index in [9.17, 15) is 18.4 Å². The van der Waals surface area contributed by atoms with Gasteiger partial charge in [-0.05, 0) is 66.5 Å². The second kappa shape index (κ2) is 9.12. The maximum absolute atomic E-state index is 14.2. The van der Waals surface area contributed by atoms with E-state index in [1.165, 1.54) is 11.1 Å². The molecule has 0 saturated carbocycles. The van der Waals surface area contributed by atoms with Crippen LogP contribution in [0.25, 0.3) is 11.1 Å². The number of pyridine rings is 1. The van der Waals surface area contributed by atoms with E-state index < -0.39 is 17.8 Å². The van der Waals surface area contributed by atoms with Gasteiger partial charge in [-0.15, -0.1) is 0 Å². The molecule has 2 bridgehead atoms. The lowest BCUT2D eigenvalue weighted by atomic mass is 9.76. The molecule has 36 heavy (non-hydrogen) atoms. The fourth-order valence-electron chi connectivity index (χ4n) is 6.38. The first kappa shape index (κ1) is 22.8. The minimum Gasteiger partial charge on any atom is -0.448 e. The Morgan fingerprint density at radius 3 is 2.11 bits per heavy atom. The number of aromatic nitrogens is 1. The van der Waals surface area contributed by atoms with Crippen molar-refractivity contribution in [1.29, 1.82) is 0 Å². The third-order valence-electron chi connectivity index (χ3n) is 7.97. The molecule has 2 unspecified atom stereocenters. The van der Waals surface area contributed by atoms with Gasteiger partial charge in [0.1, 0.15) is 6.61 Å². The predicted octanol–water partition coefficient (Wildman–Crippen LogP) is 6.12. The Bertz CT molecular complexity index is 1280. The Morgan fingerprint density at radius 1 is 0.889 bits per heavy atom. The molecule has 6 rings (SSSR count). The molecule has 3 heterocycles. The molecule has 2 saturated heterocycles. The van der Waals surface area contributed by atoms with Crippen LogP contribution in [0.4, 0.5) is 13.6 Å². The fraction of sp³-hybridized carbons (Fsp3) is 0.345. The molecule has 1 aromatic heterocycles. The first-order valence-electron chi connectivity index (χ1n) is 12.5. The van der Waals surface area contributed by atoms with Crippen molar-refractivity contribution < 1.29 is 23.1 Å². The van der Waals surface area contributed by atoms with Crippen molar-refractivity contribution in [3.05, 3.63) is 89.2 Å². The highest BCUT2D eigenvalue weighted by Crippen LogP contribution is 2.45. The number of halogens is 2. The normalized spacial score (nSPS) is 22.6. The summed E-state index contributed by atoms with van der Waals surface area (Å²) in [5, 5.41) is 0. The molecular weight excluding hydrogens is 462 g/mol. The molecule has 184 valence electrons. The summed E-state index contributed by atoms with van der Waals surface area (Å²) in [7, 11) is 0. The van der Waals surface area contributed by atoms with Gasteiger partial charge in [0, 0.05) is 23.9 Å². The van der Waals surface area contributed by atoms with Crippen molar-refractivity contribution in [2.24, 2.45) is 5.92 Å². The Kier molecular flexibility index (Phi) is 5.78. The second-order valence-corrected chi connectivity index (χ2v) is 9.95. The number of nitrogens with zero attached hydrogens (tertiary/aromatic N) is 2. The van der Waals surface area contributed by atoms with Gasteiger partial charge in [0.2, 0.25) is 11.9 Å². The van der Waals surface area contributed by atoms with Crippen LogP contribution >= 0.6 is 0 Å². The van der Waals surface area contributed by atoms with Gasteiger partial charge in [-0.2, -0.15) is 13.8 Å². The van der Waals surface area contributed by atoms with E-state index in [4.69, 9.17) is 4.74 Å². The van der Waals surface area contributed by atoms with Gasteiger partial charge >= 0.3 is 6.09 Å².